The molecule has 1 aliphatic carbocycles. The van der Waals surface area contributed by atoms with Crippen LogP contribution < -0.4 is 5.01 Å². The van der Waals surface area contributed by atoms with Gasteiger partial charge in [0, 0.05) is 11.5 Å². The Bertz CT molecular complexity index is 1570. The molecule has 0 N–H and O–H groups in total. The lowest BCUT2D eigenvalue weighted by Crippen LogP contribution is -2.28. The van der Waals surface area contributed by atoms with Crippen LogP contribution in [0, 0.1) is 5.92 Å². The normalized spacial score (nSPS) is 19.6. The standard InChI is InChI=1S/C35H29N3S/c1-5-14-25(15-6-1)24-29-22-13-23-30-31(29)37-38(33(30)27-18-9-3-10-19-27)35-36-32(26-16-7-2-8-17-26)34(39-35)28-20-11-4-12-21-28/h1-12,14-21,24,30,33H,13,22-23H2. The fraction of sp³-hybridized carbons (Fsp3) is 0.143. The summed E-state index contributed by atoms with van der Waals surface area (Å²) in [5, 5.41) is 8.56. The van der Waals surface area contributed by atoms with Gasteiger partial charge in [-0.3, -0.25) is 0 Å². The van der Waals surface area contributed by atoms with Crippen LogP contribution in [0.25, 0.3) is 27.8 Å². The molecule has 0 bridgehead atoms. The number of anilines is 1. The van der Waals surface area contributed by atoms with Gasteiger partial charge in [-0.25, -0.2) is 9.99 Å². The summed E-state index contributed by atoms with van der Waals surface area (Å²) in [7, 11) is 0. The lowest BCUT2D eigenvalue weighted by atomic mass is 9.77. The van der Waals surface area contributed by atoms with Crippen LogP contribution in [-0.4, -0.2) is 10.7 Å². The van der Waals surface area contributed by atoms with Crippen molar-refractivity contribution in [2.24, 2.45) is 11.0 Å². The summed E-state index contributed by atoms with van der Waals surface area (Å²) in [4.78, 5) is 6.48. The second-order valence-electron chi connectivity index (χ2n) is 10.2. The SMILES string of the molecule is C(=C1CCCC2C1=NN(c1nc(-c3ccccc3)c(-c3ccccc3)s1)C2c1ccccc1)c1ccccc1. The van der Waals surface area contributed by atoms with Crippen molar-refractivity contribution < 1.29 is 0 Å². The van der Waals surface area contributed by atoms with Crippen LogP contribution >= 0.6 is 11.3 Å². The minimum absolute atomic E-state index is 0.124. The van der Waals surface area contributed by atoms with Crippen molar-refractivity contribution in [3.05, 3.63) is 138 Å². The van der Waals surface area contributed by atoms with Crippen molar-refractivity contribution in [3.8, 4) is 21.7 Å². The van der Waals surface area contributed by atoms with Gasteiger partial charge in [0.2, 0.25) is 5.13 Å². The molecule has 1 saturated carbocycles. The molecule has 0 saturated heterocycles. The third-order valence-corrected chi connectivity index (χ3v) is 8.77. The quantitative estimate of drug-likeness (QED) is 0.230. The van der Waals surface area contributed by atoms with E-state index in [0.29, 0.717) is 5.92 Å². The molecular formula is C35H29N3S. The lowest BCUT2D eigenvalue weighted by molar-refractivity contribution is 0.487. The number of hydrazone groups is 1. The molecule has 7 rings (SSSR count). The van der Waals surface area contributed by atoms with Crippen molar-refractivity contribution in [1.29, 1.82) is 0 Å². The Labute approximate surface area is 233 Å². The van der Waals surface area contributed by atoms with Gasteiger partial charge in [0.05, 0.1) is 22.3 Å². The Morgan fingerprint density at radius 2 is 1.33 bits per heavy atom. The first-order valence-electron chi connectivity index (χ1n) is 13.7. The lowest BCUT2D eigenvalue weighted by Gasteiger charge is -2.29. The van der Waals surface area contributed by atoms with Gasteiger partial charge in [-0.2, -0.15) is 5.10 Å². The van der Waals surface area contributed by atoms with E-state index in [4.69, 9.17) is 10.1 Å². The summed E-state index contributed by atoms with van der Waals surface area (Å²) in [5.41, 5.74) is 8.43. The molecule has 39 heavy (non-hydrogen) atoms. The summed E-state index contributed by atoms with van der Waals surface area (Å²) in [5.74, 6) is 0.334. The predicted octanol–water partition coefficient (Wildman–Crippen LogP) is 9.28. The molecule has 2 atom stereocenters. The molecule has 1 fully saturated rings. The number of nitrogens with zero attached hydrogens (tertiary/aromatic N) is 3. The summed E-state index contributed by atoms with van der Waals surface area (Å²) in [6.07, 6.45) is 5.69. The molecule has 2 aliphatic rings. The predicted molar refractivity (Wildman–Crippen MR) is 164 cm³/mol. The maximum absolute atomic E-state index is 5.39. The van der Waals surface area contributed by atoms with Crippen molar-refractivity contribution in [3.63, 3.8) is 0 Å². The molecule has 0 amide bonds. The second kappa shape index (κ2) is 10.5. The maximum Gasteiger partial charge on any atom is 0.207 e. The molecule has 5 aromatic rings. The zero-order chi connectivity index (χ0) is 26.0. The van der Waals surface area contributed by atoms with Crippen molar-refractivity contribution in [2.45, 2.75) is 25.3 Å². The molecule has 2 unspecified atom stereocenters. The van der Waals surface area contributed by atoms with Crippen LogP contribution in [0.2, 0.25) is 0 Å². The van der Waals surface area contributed by atoms with Gasteiger partial charge >= 0.3 is 0 Å². The number of fused-ring (bicyclic) bond motifs is 1. The topological polar surface area (TPSA) is 28.5 Å². The average molecular weight is 524 g/mol. The first kappa shape index (κ1) is 23.8. The van der Waals surface area contributed by atoms with Gasteiger partial charge in [-0.1, -0.05) is 133 Å². The first-order chi connectivity index (χ1) is 19.3. The van der Waals surface area contributed by atoms with Gasteiger partial charge < -0.3 is 0 Å². The fourth-order valence-electron chi connectivity index (χ4n) is 5.88. The van der Waals surface area contributed by atoms with E-state index >= 15 is 0 Å². The Hall–Kier alpha value is -4.28. The van der Waals surface area contributed by atoms with Crippen LogP contribution in [0.3, 0.4) is 0 Å². The monoisotopic (exact) mass is 523 g/mol. The van der Waals surface area contributed by atoms with E-state index in [1.54, 1.807) is 11.3 Å². The molecule has 4 heteroatoms. The molecule has 190 valence electrons. The Morgan fingerprint density at radius 1 is 0.718 bits per heavy atom. The van der Waals surface area contributed by atoms with Crippen LogP contribution in [0.1, 0.15) is 36.4 Å². The summed E-state index contributed by atoms with van der Waals surface area (Å²) < 4.78 is 0. The van der Waals surface area contributed by atoms with Crippen LogP contribution in [0.5, 0.6) is 0 Å². The average Bonchev–Trinajstić information content (AvgIpc) is 3.62. The van der Waals surface area contributed by atoms with E-state index in [1.807, 2.05) is 0 Å². The van der Waals surface area contributed by atoms with Gasteiger partial charge in [-0.15, -0.1) is 0 Å². The molecule has 2 heterocycles. The fourth-order valence-corrected chi connectivity index (χ4v) is 6.96. The Morgan fingerprint density at radius 3 is 2.03 bits per heavy atom. The van der Waals surface area contributed by atoms with E-state index in [0.717, 1.165) is 29.2 Å². The number of benzene rings is 4. The van der Waals surface area contributed by atoms with E-state index in [1.165, 1.54) is 39.3 Å². The minimum atomic E-state index is 0.124. The van der Waals surface area contributed by atoms with Crippen LogP contribution in [0.15, 0.2) is 132 Å². The summed E-state index contributed by atoms with van der Waals surface area (Å²) >= 11 is 1.74. The minimum Gasteiger partial charge on any atom is -0.231 e. The van der Waals surface area contributed by atoms with E-state index < -0.39 is 0 Å². The number of hydrogen-bond donors (Lipinski definition) is 0. The number of thiazole rings is 1. The van der Waals surface area contributed by atoms with E-state index in [-0.39, 0.29) is 6.04 Å². The zero-order valence-electron chi connectivity index (χ0n) is 21.7. The van der Waals surface area contributed by atoms with Gasteiger partial charge in [0.1, 0.15) is 0 Å². The molecule has 3 nitrogen and oxygen atoms in total. The van der Waals surface area contributed by atoms with Crippen molar-refractivity contribution in [1.82, 2.24) is 4.98 Å². The van der Waals surface area contributed by atoms with Crippen molar-refractivity contribution in [2.75, 3.05) is 5.01 Å². The van der Waals surface area contributed by atoms with Crippen LogP contribution in [-0.2, 0) is 0 Å². The van der Waals surface area contributed by atoms with Crippen LogP contribution in [0.4, 0.5) is 5.13 Å². The Balaban J connectivity index is 1.38. The molecule has 1 aliphatic heterocycles. The summed E-state index contributed by atoms with van der Waals surface area (Å²) in [6, 6.07) is 42.8. The highest BCUT2D eigenvalue weighted by Gasteiger charge is 2.43. The molecule has 0 radical (unpaired) electrons. The third-order valence-electron chi connectivity index (χ3n) is 7.68. The smallest absolute Gasteiger partial charge is 0.207 e. The third kappa shape index (κ3) is 4.62. The number of hydrogen-bond acceptors (Lipinski definition) is 4. The van der Waals surface area contributed by atoms with E-state index in [9.17, 15) is 0 Å². The molecular weight excluding hydrogens is 494 g/mol. The first-order valence-corrected chi connectivity index (χ1v) is 14.5. The zero-order valence-corrected chi connectivity index (χ0v) is 22.5. The molecule has 4 aromatic carbocycles. The molecule has 0 spiro atoms. The Kier molecular flexibility index (Phi) is 6.39. The number of rotatable bonds is 5. The van der Waals surface area contributed by atoms with Gasteiger partial charge in [0.25, 0.3) is 0 Å². The highest BCUT2D eigenvalue weighted by atomic mass is 32.1. The van der Waals surface area contributed by atoms with Gasteiger partial charge in [0.15, 0.2) is 0 Å². The highest BCUT2D eigenvalue weighted by molar-refractivity contribution is 7.19. The van der Waals surface area contributed by atoms with Gasteiger partial charge in [-0.05, 0) is 47.6 Å². The largest absolute Gasteiger partial charge is 0.231 e. The van der Waals surface area contributed by atoms with Crippen molar-refractivity contribution >= 4 is 28.3 Å². The second-order valence-corrected chi connectivity index (χ2v) is 11.1. The highest BCUT2D eigenvalue weighted by Crippen LogP contribution is 2.49. The number of allylic oxidation sites excluding steroid dienone is 1. The summed E-state index contributed by atoms with van der Waals surface area (Å²) in [6.45, 7) is 0. The number of aromatic nitrogens is 1. The molecule has 1 aromatic heterocycles. The maximum atomic E-state index is 5.39. The van der Waals surface area contributed by atoms with E-state index in [2.05, 4.69) is 132 Å².